The fourth-order valence-electron chi connectivity index (χ4n) is 1.80. The molecule has 112 valence electrons. The smallest absolute Gasteiger partial charge is 0.387 e. The summed E-state index contributed by atoms with van der Waals surface area (Å²) in [4.78, 5) is 0. The second kappa shape index (κ2) is 6.33. The molecule has 0 amide bonds. The third-order valence-electron chi connectivity index (χ3n) is 2.74. The number of nitrogens with one attached hydrogen (secondary N) is 2. The molecule has 0 unspecified atom stereocenters. The normalized spacial score (nSPS) is 17.1. The molecule has 0 spiro atoms. The van der Waals surface area contributed by atoms with E-state index in [4.69, 9.17) is 0 Å². The highest BCUT2D eigenvalue weighted by molar-refractivity contribution is 7.90. The van der Waals surface area contributed by atoms with Crippen LogP contribution in [0.25, 0.3) is 0 Å². The molecule has 9 heteroatoms. The van der Waals surface area contributed by atoms with Gasteiger partial charge >= 0.3 is 16.8 Å². The molecule has 2 rings (SSSR count). The lowest BCUT2D eigenvalue weighted by molar-refractivity contribution is -0.0498. The van der Waals surface area contributed by atoms with Crippen LogP contribution in [0.4, 0.5) is 14.5 Å². The minimum absolute atomic E-state index is 0.0230. The van der Waals surface area contributed by atoms with Crippen LogP contribution in [0.2, 0.25) is 0 Å². The van der Waals surface area contributed by atoms with E-state index >= 15 is 0 Å². The number of hydrogen-bond donors (Lipinski definition) is 2. The standard InChI is InChI=1S/C11H15F2N3O3S/c12-11(13)19-10-3-1-9(2-4-10)15-20(17,18)16-7-5-14-6-8-16/h1-4,11,14-15H,5-8H2. The van der Waals surface area contributed by atoms with Gasteiger partial charge in [0.15, 0.2) is 0 Å². The zero-order valence-electron chi connectivity index (χ0n) is 10.6. The minimum Gasteiger partial charge on any atom is -0.435 e. The minimum atomic E-state index is -3.62. The highest BCUT2D eigenvalue weighted by Crippen LogP contribution is 2.19. The lowest BCUT2D eigenvalue weighted by Crippen LogP contribution is -2.48. The van der Waals surface area contributed by atoms with Crippen LogP contribution in [0.5, 0.6) is 5.75 Å². The first-order valence-corrected chi connectivity index (χ1v) is 7.45. The first-order chi connectivity index (χ1) is 9.47. The van der Waals surface area contributed by atoms with Crippen LogP contribution in [0.15, 0.2) is 24.3 Å². The van der Waals surface area contributed by atoms with Gasteiger partial charge < -0.3 is 10.1 Å². The van der Waals surface area contributed by atoms with Crippen LogP contribution in [-0.2, 0) is 10.2 Å². The molecule has 0 bridgehead atoms. The van der Waals surface area contributed by atoms with Crippen LogP contribution in [0, 0.1) is 0 Å². The van der Waals surface area contributed by atoms with Crippen molar-refractivity contribution < 1.29 is 21.9 Å². The molecule has 2 N–H and O–H groups in total. The topological polar surface area (TPSA) is 70.7 Å². The van der Waals surface area contributed by atoms with Crippen LogP contribution < -0.4 is 14.8 Å². The third-order valence-corrected chi connectivity index (χ3v) is 4.28. The van der Waals surface area contributed by atoms with Gasteiger partial charge in [0.1, 0.15) is 5.75 Å². The van der Waals surface area contributed by atoms with Crippen molar-refractivity contribution in [2.45, 2.75) is 6.61 Å². The van der Waals surface area contributed by atoms with Crippen molar-refractivity contribution in [1.29, 1.82) is 0 Å². The maximum absolute atomic E-state index is 12.1. The molecule has 0 atom stereocenters. The molecule has 1 fully saturated rings. The Bertz CT molecular complexity index is 530. The van der Waals surface area contributed by atoms with Gasteiger partial charge in [0.25, 0.3) is 0 Å². The van der Waals surface area contributed by atoms with E-state index in [2.05, 4.69) is 14.8 Å². The molecule has 0 aromatic heterocycles. The largest absolute Gasteiger partial charge is 0.435 e. The zero-order chi connectivity index (χ0) is 14.6. The fourth-order valence-corrected chi connectivity index (χ4v) is 3.03. The van der Waals surface area contributed by atoms with E-state index in [0.717, 1.165) is 0 Å². The van der Waals surface area contributed by atoms with Crippen LogP contribution in [-0.4, -0.2) is 45.5 Å². The Kier molecular flexibility index (Phi) is 4.73. The number of hydrogen-bond acceptors (Lipinski definition) is 4. The number of rotatable bonds is 5. The van der Waals surface area contributed by atoms with Crippen molar-refractivity contribution in [3.8, 4) is 5.75 Å². The Morgan fingerprint density at radius 2 is 1.80 bits per heavy atom. The van der Waals surface area contributed by atoms with Crippen molar-refractivity contribution >= 4 is 15.9 Å². The van der Waals surface area contributed by atoms with Gasteiger partial charge in [-0.3, -0.25) is 4.72 Å². The van der Waals surface area contributed by atoms with Crippen LogP contribution >= 0.6 is 0 Å². The average Bonchev–Trinajstić information content (AvgIpc) is 2.41. The number of piperazine rings is 1. The van der Waals surface area contributed by atoms with E-state index in [1.807, 2.05) is 0 Å². The molecule has 1 aliphatic heterocycles. The predicted molar refractivity (Wildman–Crippen MR) is 70.1 cm³/mol. The molecule has 1 aromatic rings. The van der Waals surface area contributed by atoms with E-state index in [1.54, 1.807) is 0 Å². The van der Waals surface area contributed by atoms with Crippen molar-refractivity contribution in [3.05, 3.63) is 24.3 Å². The lowest BCUT2D eigenvalue weighted by Gasteiger charge is -2.26. The van der Waals surface area contributed by atoms with E-state index in [9.17, 15) is 17.2 Å². The molecule has 1 aromatic carbocycles. The maximum Gasteiger partial charge on any atom is 0.387 e. The van der Waals surface area contributed by atoms with Crippen molar-refractivity contribution in [1.82, 2.24) is 9.62 Å². The molecule has 20 heavy (non-hydrogen) atoms. The molecular formula is C11H15F2N3O3S. The summed E-state index contributed by atoms with van der Waals surface area (Å²) in [6, 6.07) is 5.30. The van der Waals surface area contributed by atoms with E-state index in [-0.39, 0.29) is 5.75 Å². The first kappa shape index (κ1) is 14.9. The molecular weight excluding hydrogens is 292 g/mol. The highest BCUT2D eigenvalue weighted by atomic mass is 32.2. The summed E-state index contributed by atoms with van der Waals surface area (Å²) in [5.74, 6) is -0.0230. The Morgan fingerprint density at radius 3 is 2.35 bits per heavy atom. The summed E-state index contributed by atoms with van der Waals surface area (Å²) in [6.07, 6.45) is 0. The number of alkyl halides is 2. The number of nitrogens with zero attached hydrogens (tertiary/aromatic N) is 1. The second-order valence-corrected chi connectivity index (χ2v) is 5.83. The number of halogens is 2. The quantitative estimate of drug-likeness (QED) is 0.846. The van der Waals surface area contributed by atoms with Crippen molar-refractivity contribution in [2.75, 3.05) is 30.9 Å². The van der Waals surface area contributed by atoms with E-state index in [1.165, 1.54) is 28.6 Å². The third kappa shape index (κ3) is 4.02. The maximum atomic E-state index is 12.1. The lowest BCUT2D eigenvalue weighted by atomic mass is 10.3. The summed E-state index contributed by atoms with van der Waals surface area (Å²) in [5, 5.41) is 3.05. The van der Waals surface area contributed by atoms with Gasteiger partial charge in [-0.2, -0.15) is 21.5 Å². The summed E-state index contributed by atoms with van der Waals surface area (Å²) >= 11 is 0. The van der Waals surface area contributed by atoms with E-state index < -0.39 is 16.8 Å². The Hall–Kier alpha value is -1.45. The molecule has 6 nitrogen and oxygen atoms in total. The summed E-state index contributed by atoms with van der Waals surface area (Å²) < 4.78 is 56.0. The Morgan fingerprint density at radius 1 is 1.20 bits per heavy atom. The van der Waals surface area contributed by atoms with Gasteiger partial charge in [-0.05, 0) is 24.3 Å². The molecule has 1 heterocycles. The van der Waals surface area contributed by atoms with Gasteiger partial charge in [0.2, 0.25) is 0 Å². The predicted octanol–water partition coefficient (Wildman–Crippen LogP) is 0.850. The van der Waals surface area contributed by atoms with Gasteiger partial charge in [-0.15, -0.1) is 0 Å². The summed E-state index contributed by atoms with van der Waals surface area (Å²) in [5.41, 5.74) is 0.296. The zero-order valence-corrected chi connectivity index (χ0v) is 11.4. The van der Waals surface area contributed by atoms with Crippen molar-refractivity contribution in [2.24, 2.45) is 0 Å². The SMILES string of the molecule is O=S(=O)(Nc1ccc(OC(F)F)cc1)N1CCNCC1. The summed E-state index contributed by atoms with van der Waals surface area (Å²) in [6.45, 7) is -0.924. The van der Waals surface area contributed by atoms with Crippen molar-refractivity contribution in [3.63, 3.8) is 0 Å². The number of benzene rings is 1. The van der Waals surface area contributed by atoms with Gasteiger partial charge in [0.05, 0.1) is 5.69 Å². The number of anilines is 1. The van der Waals surface area contributed by atoms with Gasteiger partial charge in [-0.1, -0.05) is 0 Å². The first-order valence-electron chi connectivity index (χ1n) is 6.01. The summed E-state index contributed by atoms with van der Waals surface area (Å²) in [7, 11) is -3.62. The average molecular weight is 307 g/mol. The fraction of sp³-hybridized carbons (Fsp3) is 0.455. The van der Waals surface area contributed by atoms with E-state index in [0.29, 0.717) is 31.9 Å². The monoisotopic (exact) mass is 307 g/mol. The number of ether oxygens (including phenoxy) is 1. The molecule has 0 saturated carbocycles. The Balaban J connectivity index is 2.01. The van der Waals surface area contributed by atoms with Crippen LogP contribution in [0.3, 0.4) is 0 Å². The Labute approximate surface area is 115 Å². The highest BCUT2D eigenvalue weighted by Gasteiger charge is 2.23. The molecule has 1 saturated heterocycles. The second-order valence-electron chi connectivity index (χ2n) is 4.16. The molecule has 1 aliphatic rings. The van der Waals surface area contributed by atoms with Gasteiger partial charge in [0, 0.05) is 26.2 Å². The molecule has 0 aliphatic carbocycles. The van der Waals surface area contributed by atoms with Crippen LogP contribution in [0.1, 0.15) is 0 Å². The van der Waals surface area contributed by atoms with Gasteiger partial charge in [-0.25, -0.2) is 0 Å². The molecule has 0 radical (unpaired) electrons.